The molecule has 0 aromatic heterocycles. The first-order valence-corrected chi connectivity index (χ1v) is 9.39. The number of ether oxygens (including phenoxy) is 3. The summed E-state index contributed by atoms with van der Waals surface area (Å²) in [6.45, 7) is 4.50. The third-order valence-electron chi connectivity index (χ3n) is 5.14. The van der Waals surface area contributed by atoms with E-state index in [1.165, 1.54) is 14.2 Å². The van der Waals surface area contributed by atoms with Crippen LogP contribution in [-0.4, -0.2) is 57.2 Å². The van der Waals surface area contributed by atoms with Gasteiger partial charge in [-0.15, -0.1) is 0 Å². The Morgan fingerprint density at radius 3 is 2.21 bits per heavy atom. The number of hydrogen-bond acceptors (Lipinski definition) is 5. The van der Waals surface area contributed by atoms with Gasteiger partial charge in [0, 0.05) is 24.7 Å². The van der Waals surface area contributed by atoms with Crippen LogP contribution in [0.2, 0.25) is 0 Å². The van der Waals surface area contributed by atoms with Crippen molar-refractivity contribution in [1.82, 2.24) is 4.90 Å². The zero-order valence-corrected chi connectivity index (χ0v) is 17.4. The van der Waals surface area contributed by atoms with E-state index in [0.717, 1.165) is 11.3 Å². The molecule has 0 N–H and O–H groups in total. The topological polar surface area (TPSA) is 68.3 Å². The quantitative estimate of drug-likeness (QED) is 0.775. The SMILES string of the molecule is COc1cc(OC)cc(C(=O)N2CCN(c3cc(C)ccc3OC)C(=O)C2C)c1. The van der Waals surface area contributed by atoms with Gasteiger partial charge < -0.3 is 24.0 Å². The molecule has 7 nitrogen and oxygen atoms in total. The van der Waals surface area contributed by atoms with Crippen LogP contribution < -0.4 is 19.1 Å². The maximum atomic E-state index is 13.1. The highest BCUT2D eigenvalue weighted by molar-refractivity contribution is 6.04. The third-order valence-corrected chi connectivity index (χ3v) is 5.14. The number of carbonyl (C=O) groups excluding carboxylic acids is 2. The van der Waals surface area contributed by atoms with Crippen molar-refractivity contribution in [2.24, 2.45) is 0 Å². The Morgan fingerprint density at radius 2 is 1.62 bits per heavy atom. The van der Waals surface area contributed by atoms with Gasteiger partial charge in [-0.2, -0.15) is 0 Å². The zero-order valence-electron chi connectivity index (χ0n) is 17.4. The van der Waals surface area contributed by atoms with E-state index in [2.05, 4.69) is 0 Å². The summed E-state index contributed by atoms with van der Waals surface area (Å²) in [5.41, 5.74) is 2.17. The highest BCUT2D eigenvalue weighted by Crippen LogP contribution is 2.32. The van der Waals surface area contributed by atoms with Crippen LogP contribution >= 0.6 is 0 Å². The van der Waals surface area contributed by atoms with Crippen molar-refractivity contribution in [3.8, 4) is 17.2 Å². The second kappa shape index (κ2) is 8.43. The van der Waals surface area contributed by atoms with E-state index in [-0.39, 0.29) is 11.8 Å². The van der Waals surface area contributed by atoms with E-state index in [9.17, 15) is 9.59 Å². The number of rotatable bonds is 5. The molecular weight excluding hydrogens is 372 g/mol. The van der Waals surface area contributed by atoms with E-state index >= 15 is 0 Å². The number of amides is 2. The van der Waals surface area contributed by atoms with Gasteiger partial charge in [-0.3, -0.25) is 9.59 Å². The Balaban J connectivity index is 1.87. The molecule has 7 heteroatoms. The predicted octanol–water partition coefficient (Wildman–Crippen LogP) is 2.90. The molecule has 29 heavy (non-hydrogen) atoms. The van der Waals surface area contributed by atoms with Gasteiger partial charge in [-0.05, 0) is 43.7 Å². The molecule has 0 radical (unpaired) electrons. The molecule has 1 aliphatic heterocycles. The lowest BCUT2D eigenvalue weighted by Gasteiger charge is -2.39. The van der Waals surface area contributed by atoms with Crippen LogP contribution in [0.5, 0.6) is 17.2 Å². The Kier molecular flexibility index (Phi) is 5.96. The summed E-state index contributed by atoms with van der Waals surface area (Å²) >= 11 is 0. The zero-order chi connectivity index (χ0) is 21.1. The van der Waals surface area contributed by atoms with Crippen LogP contribution in [0.3, 0.4) is 0 Å². The van der Waals surface area contributed by atoms with E-state index in [0.29, 0.717) is 35.9 Å². The molecule has 0 saturated carbocycles. The van der Waals surface area contributed by atoms with Gasteiger partial charge >= 0.3 is 0 Å². The van der Waals surface area contributed by atoms with Crippen molar-refractivity contribution in [3.05, 3.63) is 47.5 Å². The smallest absolute Gasteiger partial charge is 0.254 e. The van der Waals surface area contributed by atoms with Crippen molar-refractivity contribution in [2.45, 2.75) is 19.9 Å². The molecular formula is C22H26N2O5. The van der Waals surface area contributed by atoms with Crippen LogP contribution in [0, 0.1) is 6.92 Å². The van der Waals surface area contributed by atoms with Crippen LogP contribution in [0.15, 0.2) is 36.4 Å². The largest absolute Gasteiger partial charge is 0.497 e. The highest BCUT2D eigenvalue weighted by Gasteiger charge is 2.36. The fourth-order valence-electron chi connectivity index (χ4n) is 3.49. The molecule has 1 saturated heterocycles. The first-order valence-electron chi connectivity index (χ1n) is 9.39. The lowest BCUT2D eigenvalue weighted by atomic mass is 10.1. The lowest BCUT2D eigenvalue weighted by molar-refractivity contribution is -0.124. The minimum Gasteiger partial charge on any atom is -0.497 e. The highest BCUT2D eigenvalue weighted by atomic mass is 16.5. The van der Waals surface area contributed by atoms with Crippen molar-refractivity contribution >= 4 is 17.5 Å². The number of benzene rings is 2. The van der Waals surface area contributed by atoms with Gasteiger partial charge in [0.1, 0.15) is 23.3 Å². The van der Waals surface area contributed by atoms with Gasteiger partial charge in [-0.1, -0.05) is 6.07 Å². The maximum Gasteiger partial charge on any atom is 0.254 e. The average Bonchev–Trinajstić information content (AvgIpc) is 2.74. The first-order chi connectivity index (χ1) is 13.9. The Morgan fingerprint density at radius 1 is 0.966 bits per heavy atom. The second-order valence-electron chi connectivity index (χ2n) is 6.94. The number of hydrogen-bond donors (Lipinski definition) is 0. The summed E-state index contributed by atoms with van der Waals surface area (Å²) in [5, 5.41) is 0. The monoisotopic (exact) mass is 398 g/mol. The summed E-state index contributed by atoms with van der Waals surface area (Å²) in [4.78, 5) is 29.5. The standard InChI is InChI=1S/C22H26N2O5/c1-14-6-7-20(29-5)19(10-14)24-9-8-23(15(2)21(24)25)22(26)16-11-17(27-3)13-18(12-16)28-4/h6-7,10-13,15H,8-9H2,1-5H3. The van der Waals surface area contributed by atoms with Crippen LogP contribution in [0.4, 0.5) is 5.69 Å². The Hall–Kier alpha value is -3.22. The average molecular weight is 398 g/mol. The van der Waals surface area contributed by atoms with E-state index in [1.54, 1.807) is 42.0 Å². The Labute approximate surface area is 170 Å². The molecule has 1 aliphatic rings. The van der Waals surface area contributed by atoms with E-state index in [1.807, 2.05) is 25.1 Å². The number of nitrogens with zero attached hydrogens (tertiary/aromatic N) is 2. The first kappa shape index (κ1) is 20.5. The van der Waals surface area contributed by atoms with E-state index in [4.69, 9.17) is 14.2 Å². The molecule has 1 fully saturated rings. The van der Waals surface area contributed by atoms with Gasteiger partial charge in [-0.25, -0.2) is 0 Å². The maximum absolute atomic E-state index is 13.1. The number of carbonyl (C=O) groups is 2. The fourth-order valence-corrected chi connectivity index (χ4v) is 3.49. The molecule has 2 amide bonds. The van der Waals surface area contributed by atoms with Gasteiger partial charge in [0.05, 0.1) is 27.0 Å². The number of piperazine rings is 1. The summed E-state index contributed by atoms with van der Waals surface area (Å²) in [6.07, 6.45) is 0. The molecule has 2 aromatic rings. The normalized spacial score (nSPS) is 16.6. The fraction of sp³-hybridized carbons (Fsp3) is 0.364. The summed E-state index contributed by atoms with van der Waals surface area (Å²) < 4.78 is 15.9. The van der Waals surface area contributed by atoms with Crippen molar-refractivity contribution < 1.29 is 23.8 Å². The van der Waals surface area contributed by atoms with Gasteiger partial charge in [0.15, 0.2) is 0 Å². The molecule has 1 unspecified atom stereocenters. The third kappa shape index (κ3) is 3.99. The number of anilines is 1. The van der Waals surface area contributed by atoms with Crippen molar-refractivity contribution in [3.63, 3.8) is 0 Å². The van der Waals surface area contributed by atoms with Gasteiger partial charge in [0.2, 0.25) is 5.91 Å². The number of aryl methyl sites for hydroxylation is 1. The molecule has 0 bridgehead atoms. The molecule has 1 heterocycles. The lowest BCUT2D eigenvalue weighted by Crippen LogP contribution is -2.57. The van der Waals surface area contributed by atoms with Crippen LogP contribution in [0.25, 0.3) is 0 Å². The second-order valence-corrected chi connectivity index (χ2v) is 6.94. The number of methoxy groups -OCH3 is 3. The summed E-state index contributed by atoms with van der Waals surface area (Å²) in [7, 11) is 4.64. The Bertz CT molecular complexity index is 905. The summed E-state index contributed by atoms with van der Waals surface area (Å²) in [5.74, 6) is 1.29. The molecule has 154 valence electrons. The molecule has 0 spiro atoms. The van der Waals surface area contributed by atoms with Crippen LogP contribution in [-0.2, 0) is 4.79 Å². The predicted molar refractivity (Wildman–Crippen MR) is 110 cm³/mol. The van der Waals surface area contributed by atoms with E-state index < -0.39 is 6.04 Å². The van der Waals surface area contributed by atoms with Crippen molar-refractivity contribution in [1.29, 1.82) is 0 Å². The minimum absolute atomic E-state index is 0.150. The minimum atomic E-state index is -0.612. The van der Waals surface area contributed by atoms with Gasteiger partial charge in [0.25, 0.3) is 5.91 Å². The van der Waals surface area contributed by atoms with Crippen molar-refractivity contribution in [2.75, 3.05) is 39.3 Å². The molecule has 1 atom stereocenters. The summed E-state index contributed by atoms with van der Waals surface area (Å²) in [6, 6.07) is 10.1. The molecule has 2 aromatic carbocycles. The van der Waals surface area contributed by atoms with Crippen LogP contribution in [0.1, 0.15) is 22.8 Å². The molecule has 3 rings (SSSR count). The molecule has 0 aliphatic carbocycles.